The first kappa shape index (κ1) is 14.2. The third kappa shape index (κ3) is 3.43. The number of hydrogen-bond donors (Lipinski definition) is 0. The van der Waals surface area contributed by atoms with Crippen LogP contribution in [-0.2, 0) is 6.54 Å². The van der Waals surface area contributed by atoms with Crippen LogP contribution in [0.3, 0.4) is 0 Å². The molecule has 106 valence electrons. The molecule has 1 aliphatic carbocycles. The smallest absolute Gasteiger partial charge is 0.185 e. The zero-order valence-corrected chi connectivity index (χ0v) is 12.1. The summed E-state index contributed by atoms with van der Waals surface area (Å²) >= 11 is 0. The van der Waals surface area contributed by atoms with Crippen molar-refractivity contribution in [3.63, 3.8) is 0 Å². The quantitative estimate of drug-likeness (QED) is 0.738. The van der Waals surface area contributed by atoms with Crippen LogP contribution < -0.4 is 0 Å². The van der Waals surface area contributed by atoms with E-state index < -0.39 is 0 Å². The monoisotopic (exact) mass is 263 g/mol. The highest BCUT2D eigenvalue weighted by Crippen LogP contribution is 2.33. The predicted molar refractivity (Wildman–Crippen MR) is 75.0 cm³/mol. The Kier molecular flexibility index (Phi) is 5.11. The first-order valence-corrected chi connectivity index (χ1v) is 7.68. The maximum absolute atomic E-state index is 12.5. The van der Waals surface area contributed by atoms with Gasteiger partial charge in [0.2, 0.25) is 0 Å². The maximum Gasteiger partial charge on any atom is 0.185 e. The van der Waals surface area contributed by atoms with Gasteiger partial charge in [-0.3, -0.25) is 4.79 Å². The van der Waals surface area contributed by atoms with Crippen LogP contribution in [-0.4, -0.2) is 20.8 Å². The molecule has 0 aromatic carbocycles. The third-order valence-corrected chi connectivity index (χ3v) is 4.22. The third-order valence-electron chi connectivity index (χ3n) is 4.22. The Morgan fingerprint density at radius 3 is 2.63 bits per heavy atom. The Hall–Kier alpha value is -1.19. The van der Waals surface area contributed by atoms with Gasteiger partial charge >= 0.3 is 0 Å². The van der Waals surface area contributed by atoms with Crippen LogP contribution in [0.4, 0.5) is 0 Å². The molecule has 1 aliphatic rings. The Morgan fingerprint density at radius 1 is 1.26 bits per heavy atom. The van der Waals surface area contributed by atoms with E-state index in [0.717, 1.165) is 31.7 Å². The molecule has 0 saturated heterocycles. The zero-order chi connectivity index (χ0) is 13.7. The van der Waals surface area contributed by atoms with Crippen LogP contribution >= 0.6 is 0 Å². The van der Waals surface area contributed by atoms with Gasteiger partial charge in [-0.2, -0.15) is 0 Å². The van der Waals surface area contributed by atoms with Gasteiger partial charge in [-0.1, -0.05) is 31.9 Å². The van der Waals surface area contributed by atoms with Gasteiger partial charge < -0.3 is 0 Å². The molecule has 4 nitrogen and oxygen atoms in total. The van der Waals surface area contributed by atoms with Crippen molar-refractivity contribution >= 4 is 5.78 Å². The molecular formula is C15H25N3O. The van der Waals surface area contributed by atoms with E-state index >= 15 is 0 Å². The van der Waals surface area contributed by atoms with E-state index in [1.165, 1.54) is 25.7 Å². The van der Waals surface area contributed by atoms with Crippen molar-refractivity contribution in [3.05, 3.63) is 11.9 Å². The SMILES string of the molecule is CCCC1CCC(C(=O)c2cnnn2CCC)CC1. The molecule has 19 heavy (non-hydrogen) atoms. The maximum atomic E-state index is 12.5. The lowest BCUT2D eigenvalue weighted by Crippen LogP contribution is -2.24. The number of aromatic nitrogens is 3. The number of carbonyl (C=O) groups excluding carboxylic acids is 1. The van der Waals surface area contributed by atoms with Crippen LogP contribution in [0.25, 0.3) is 0 Å². The normalized spacial score (nSPS) is 23.5. The minimum atomic E-state index is 0.196. The van der Waals surface area contributed by atoms with Gasteiger partial charge in [0.25, 0.3) is 0 Å². The van der Waals surface area contributed by atoms with Crippen LogP contribution in [0.2, 0.25) is 0 Å². The van der Waals surface area contributed by atoms with E-state index in [4.69, 9.17) is 0 Å². The largest absolute Gasteiger partial charge is 0.292 e. The Bertz CT molecular complexity index is 405. The highest BCUT2D eigenvalue weighted by atomic mass is 16.1. The molecule has 0 atom stereocenters. The number of rotatable bonds is 6. The summed E-state index contributed by atoms with van der Waals surface area (Å²) < 4.78 is 1.76. The molecule has 1 aromatic heterocycles. The number of aryl methyl sites for hydroxylation is 1. The van der Waals surface area contributed by atoms with E-state index in [1.807, 2.05) is 0 Å². The molecule has 1 fully saturated rings. The Balaban J connectivity index is 1.95. The van der Waals surface area contributed by atoms with Crippen LogP contribution in [0, 0.1) is 11.8 Å². The molecule has 4 heteroatoms. The van der Waals surface area contributed by atoms with Crippen LogP contribution in [0.15, 0.2) is 6.20 Å². The summed E-state index contributed by atoms with van der Waals surface area (Å²) in [6.45, 7) is 5.12. The lowest BCUT2D eigenvalue weighted by molar-refractivity contribution is 0.0858. The highest BCUT2D eigenvalue weighted by Gasteiger charge is 2.28. The Labute approximate surface area is 115 Å². The van der Waals surface area contributed by atoms with Crippen molar-refractivity contribution in [1.82, 2.24) is 15.0 Å². The standard InChI is InChI=1S/C15H25N3O/c1-3-5-12-6-8-13(9-7-12)15(19)14-11-16-17-18(14)10-4-2/h11-13H,3-10H2,1-2H3. The summed E-state index contributed by atoms with van der Waals surface area (Å²) in [5.74, 6) is 1.29. The lowest BCUT2D eigenvalue weighted by atomic mass is 9.78. The summed E-state index contributed by atoms with van der Waals surface area (Å²) in [6, 6.07) is 0. The predicted octanol–water partition coefficient (Wildman–Crippen LogP) is 3.48. The summed E-state index contributed by atoms with van der Waals surface area (Å²) in [5.41, 5.74) is 0.709. The second-order valence-corrected chi connectivity index (χ2v) is 5.71. The first-order chi connectivity index (χ1) is 9.26. The summed E-state index contributed by atoms with van der Waals surface area (Å²) in [5, 5.41) is 7.91. The number of ketones is 1. The minimum absolute atomic E-state index is 0.196. The van der Waals surface area contributed by atoms with Gasteiger partial charge in [0, 0.05) is 12.5 Å². The van der Waals surface area contributed by atoms with E-state index in [9.17, 15) is 4.79 Å². The van der Waals surface area contributed by atoms with E-state index in [1.54, 1.807) is 10.9 Å². The van der Waals surface area contributed by atoms with Crippen molar-refractivity contribution in [3.8, 4) is 0 Å². The topological polar surface area (TPSA) is 47.8 Å². The van der Waals surface area contributed by atoms with Crippen LogP contribution in [0.5, 0.6) is 0 Å². The fraction of sp³-hybridized carbons (Fsp3) is 0.800. The zero-order valence-electron chi connectivity index (χ0n) is 12.1. The van der Waals surface area contributed by atoms with Crippen molar-refractivity contribution in [2.24, 2.45) is 11.8 Å². The van der Waals surface area contributed by atoms with Gasteiger partial charge in [0.1, 0.15) is 5.69 Å². The van der Waals surface area contributed by atoms with Crippen molar-refractivity contribution in [2.45, 2.75) is 65.3 Å². The molecule has 1 aromatic rings. The molecular weight excluding hydrogens is 238 g/mol. The highest BCUT2D eigenvalue weighted by molar-refractivity contribution is 5.96. The van der Waals surface area contributed by atoms with E-state index in [2.05, 4.69) is 24.2 Å². The first-order valence-electron chi connectivity index (χ1n) is 7.68. The number of nitrogens with zero attached hydrogens (tertiary/aromatic N) is 3. The van der Waals surface area contributed by atoms with E-state index in [-0.39, 0.29) is 11.7 Å². The molecule has 0 spiro atoms. The molecule has 1 heterocycles. The summed E-state index contributed by atoms with van der Waals surface area (Å²) in [7, 11) is 0. The average molecular weight is 263 g/mol. The molecule has 0 N–H and O–H groups in total. The lowest BCUT2D eigenvalue weighted by Gasteiger charge is -2.27. The van der Waals surface area contributed by atoms with Gasteiger partial charge in [-0.25, -0.2) is 4.68 Å². The van der Waals surface area contributed by atoms with Crippen molar-refractivity contribution < 1.29 is 4.79 Å². The average Bonchev–Trinajstić information content (AvgIpc) is 2.88. The van der Waals surface area contributed by atoms with Gasteiger partial charge in [0.05, 0.1) is 6.20 Å². The molecule has 0 bridgehead atoms. The second-order valence-electron chi connectivity index (χ2n) is 5.71. The minimum Gasteiger partial charge on any atom is -0.292 e. The number of hydrogen-bond acceptors (Lipinski definition) is 3. The molecule has 0 aliphatic heterocycles. The fourth-order valence-electron chi connectivity index (χ4n) is 3.16. The molecule has 0 radical (unpaired) electrons. The van der Waals surface area contributed by atoms with Gasteiger partial charge in [-0.05, 0) is 38.0 Å². The van der Waals surface area contributed by atoms with Gasteiger partial charge in [-0.15, -0.1) is 5.10 Å². The van der Waals surface area contributed by atoms with Crippen molar-refractivity contribution in [2.75, 3.05) is 0 Å². The second kappa shape index (κ2) is 6.83. The van der Waals surface area contributed by atoms with Crippen molar-refractivity contribution in [1.29, 1.82) is 0 Å². The van der Waals surface area contributed by atoms with Crippen LogP contribution in [0.1, 0.15) is 69.3 Å². The summed E-state index contributed by atoms with van der Waals surface area (Å²) in [6.07, 6.45) is 9.69. The molecule has 0 unspecified atom stereocenters. The number of Topliss-reactive ketones (excluding diaryl/α,β-unsaturated/α-hetero) is 1. The molecule has 0 amide bonds. The Morgan fingerprint density at radius 2 is 2.00 bits per heavy atom. The number of carbonyl (C=O) groups is 1. The van der Waals surface area contributed by atoms with Gasteiger partial charge in [0.15, 0.2) is 5.78 Å². The molecule has 1 saturated carbocycles. The molecule has 2 rings (SSSR count). The van der Waals surface area contributed by atoms with E-state index in [0.29, 0.717) is 5.69 Å². The summed E-state index contributed by atoms with van der Waals surface area (Å²) in [4.78, 5) is 12.5. The fourth-order valence-corrected chi connectivity index (χ4v) is 3.16.